The highest BCUT2D eigenvalue weighted by Gasteiger charge is 2.43. The molecule has 0 aromatic heterocycles. The molecule has 0 saturated heterocycles. The van der Waals surface area contributed by atoms with Gasteiger partial charge in [-0.2, -0.15) is 0 Å². The van der Waals surface area contributed by atoms with Crippen molar-refractivity contribution in [2.24, 2.45) is 23.2 Å². The number of carbonyl (C=O) groups is 2. The number of hydrogen-bond donors (Lipinski definition) is 1. The Hall–Kier alpha value is -1.42. The van der Waals surface area contributed by atoms with Crippen molar-refractivity contribution in [3.63, 3.8) is 0 Å². The molecule has 0 bridgehead atoms. The van der Waals surface area contributed by atoms with Crippen molar-refractivity contribution in [2.45, 2.75) is 77.7 Å². The van der Waals surface area contributed by atoms with E-state index in [1.54, 1.807) is 6.08 Å². The van der Waals surface area contributed by atoms with Crippen LogP contribution >= 0.6 is 0 Å². The van der Waals surface area contributed by atoms with Gasteiger partial charge in [0.05, 0.1) is 13.2 Å². The molecule has 0 spiro atoms. The van der Waals surface area contributed by atoms with Gasteiger partial charge >= 0.3 is 5.97 Å². The monoisotopic (exact) mass is 376 g/mol. The molecular weight excluding hydrogens is 340 g/mol. The fourth-order valence-corrected chi connectivity index (χ4v) is 4.53. The standard InChI is InChI=1S/C23H36O4/c1-4-17-15-23(2,16-17)21(25)14-12-18-11-13-20(24)19(18)9-7-5-6-8-10-22(26)27-3/h11-14,17-19,21,25H,4-10,15-16H2,1-3H3/b14-12+/t17?,18-,19-,21+,23?/m1/s1. The summed E-state index contributed by atoms with van der Waals surface area (Å²) >= 11 is 0. The van der Waals surface area contributed by atoms with E-state index in [1.165, 1.54) is 13.5 Å². The van der Waals surface area contributed by atoms with Crippen molar-refractivity contribution in [3.05, 3.63) is 24.3 Å². The fourth-order valence-electron chi connectivity index (χ4n) is 4.53. The lowest BCUT2D eigenvalue weighted by molar-refractivity contribution is -0.140. The van der Waals surface area contributed by atoms with Gasteiger partial charge in [-0.3, -0.25) is 9.59 Å². The van der Waals surface area contributed by atoms with Crippen molar-refractivity contribution >= 4 is 11.8 Å². The number of aliphatic hydroxyl groups excluding tert-OH is 1. The van der Waals surface area contributed by atoms with Gasteiger partial charge in [-0.25, -0.2) is 0 Å². The van der Waals surface area contributed by atoms with Crippen LogP contribution < -0.4 is 0 Å². The number of ether oxygens (including phenoxy) is 1. The number of carbonyl (C=O) groups excluding carboxylic acids is 2. The number of aliphatic hydroxyl groups is 1. The maximum atomic E-state index is 12.2. The molecule has 0 aromatic rings. The third kappa shape index (κ3) is 6.03. The molecule has 1 saturated carbocycles. The largest absolute Gasteiger partial charge is 0.469 e. The van der Waals surface area contributed by atoms with Crippen LogP contribution in [0.4, 0.5) is 0 Å². The molecule has 2 aliphatic carbocycles. The maximum Gasteiger partial charge on any atom is 0.305 e. The van der Waals surface area contributed by atoms with Crippen LogP contribution in [0.3, 0.4) is 0 Å². The van der Waals surface area contributed by atoms with E-state index in [0.717, 1.165) is 50.9 Å². The predicted molar refractivity (Wildman–Crippen MR) is 107 cm³/mol. The zero-order valence-electron chi connectivity index (χ0n) is 17.2. The highest BCUT2D eigenvalue weighted by atomic mass is 16.5. The molecule has 4 nitrogen and oxygen atoms in total. The van der Waals surface area contributed by atoms with E-state index in [1.807, 2.05) is 18.2 Å². The molecule has 3 atom stereocenters. The van der Waals surface area contributed by atoms with Crippen LogP contribution in [0.5, 0.6) is 0 Å². The molecular formula is C23H36O4. The van der Waals surface area contributed by atoms with Crippen LogP contribution in [0.15, 0.2) is 24.3 Å². The Kier molecular flexibility index (Phi) is 8.28. The molecule has 2 rings (SSSR count). The zero-order valence-corrected chi connectivity index (χ0v) is 17.2. The van der Waals surface area contributed by atoms with Crippen LogP contribution in [-0.2, 0) is 14.3 Å². The smallest absolute Gasteiger partial charge is 0.305 e. The summed E-state index contributed by atoms with van der Waals surface area (Å²) in [6.45, 7) is 4.37. The second-order valence-corrected chi connectivity index (χ2v) is 8.64. The van der Waals surface area contributed by atoms with E-state index in [9.17, 15) is 14.7 Å². The van der Waals surface area contributed by atoms with Gasteiger partial charge in [0.15, 0.2) is 5.78 Å². The van der Waals surface area contributed by atoms with Gasteiger partial charge in [-0.05, 0) is 43.1 Å². The van der Waals surface area contributed by atoms with Gasteiger partial charge in [0.25, 0.3) is 0 Å². The SMILES string of the molecule is CCC1CC(C)([C@@H](O)/C=C/[C@H]2C=CC(=O)[C@@H]2CCCCCCC(=O)OC)C1. The van der Waals surface area contributed by atoms with Crippen molar-refractivity contribution in [1.29, 1.82) is 0 Å². The van der Waals surface area contributed by atoms with Gasteiger partial charge < -0.3 is 9.84 Å². The molecule has 1 fully saturated rings. The lowest BCUT2D eigenvalue weighted by Crippen LogP contribution is -2.43. The van der Waals surface area contributed by atoms with Crippen LogP contribution in [0, 0.1) is 23.2 Å². The number of unbranched alkanes of at least 4 members (excludes halogenated alkanes) is 3. The third-order valence-corrected chi connectivity index (χ3v) is 6.50. The van der Waals surface area contributed by atoms with Crippen molar-refractivity contribution in [2.75, 3.05) is 7.11 Å². The highest BCUT2D eigenvalue weighted by Crippen LogP contribution is 2.49. The Morgan fingerprint density at radius 3 is 2.70 bits per heavy atom. The summed E-state index contributed by atoms with van der Waals surface area (Å²) in [5.41, 5.74) is -0.00135. The Balaban J connectivity index is 1.73. The first-order valence-electron chi connectivity index (χ1n) is 10.5. The van der Waals surface area contributed by atoms with E-state index in [0.29, 0.717) is 6.42 Å². The molecule has 1 N–H and O–H groups in total. The molecule has 27 heavy (non-hydrogen) atoms. The molecule has 0 heterocycles. The topological polar surface area (TPSA) is 63.6 Å². The summed E-state index contributed by atoms with van der Waals surface area (Å²) in [6.07, 6.45) is 15.7. The molecule has 0 amide bonds. The van der Waals surface area contributed by atoms with Crippen LogP contribution in [0.25, 0.3) is 0 Å². The number of methoxy groups -OCH3 is 1. The highest BCUT2D eigenvalue weighted by molar-refractivity contribution is 5.94. The summed E-state index contributed by atoms with van der Waals surface area (Å²) in [6, 6.07) is 0. The Bertz CT molecular complexity index is 557. The number of allylic oxidation sites excluding steroid dienone is 3. The minimum absolute atomic E-state index is 0.00135. The van der Waals surface area contributed by atoms with Crippen LogP contribution in [0.1, 0.15) is 71.6 Å². The van der Waals surface area contributed by atoms with Crippen molar-refractivity contribution in [3.8, 4) is 0 Å². The average Bonchev–Trinajstić information content (AvgIpc) is 2.99. The number of rotatable bonds is 11. The van der Waals surface area contributed by atoms with Gasteiger partial charge in [-0.15, -0.1) is 0 Å². The average molecular weight is 377 g/mol. The minimum Gasteiger partial charge on any atom is -0.469 e. The van der Waals surface area contributed by atoms with Crippen LogP contribution in [0.2, 0.25) is 0 Å². The second kappa shape index (κ2) is 10.2. The van der Waals surface area contributed by atoms with Gasteiger partial charge in [0, 0.05) is 18.3 Å². The quantitative estimate of drug-likeness (QED) is 0.325. The Morgan fingerprint density at radius 2 is 2.04 bits per heavy atom. The maximum absolute atomic E-state index is 12.2. The van der Waals surface area contributed by atoms with E-state index < -0.39 is 6.10 Å². The number of hydrogen-bond acceptors (Lipinski definition) is 4. The van der Waals surface area contributed by atoms with E-state index in [-0.39, 0.29) is 29.0 Å². The first kappa shape index (κ1) is 21.9. The fraction of sp³-hybridized carbons (Fsp3) is 0.739. The lowest BCUT2D eigenvalue weighted by Gasteiger charge is -2.47. The molecule has 4 heteroatoms. The van der Waals surface area contributed by atoms with Crippen molar-refractivity contribution in [1.82, 2.24) is 0 Å². The molecule has 2 aliphatic rings. The predicted octanol–water partition coefficient (Wildman–Crippen LogP) is 4.61. The summed E-state index contributed by atoms with van der Waals surface area (Å²) < 4.78 is 4.64. The van der Waals surface area contributed by atoms with E-state index >= 15 is 0 Å². The van der Waals surface area contributed by atoms with Gasteiger partial charge in [0.2, 0.25) is 0 Å². The zero-order chi connectivity index (χ0) is 19.9. The third-order valence-electron chi connectivity index (χ3n) is 6.50. The lowest BCUT2D eigenvalue weighted by atomic mass is 9.59. The molecule has 152 valence electrons. The second-order valence-electron chi connectivity index (χ2n) is 8.64. The Morgan fingerprint density at radius 1 is 1.33 bits per heavy atom. The van der Waals surface area contributed by atoms with Crippen LogP contribution in [-0.4, -0.2) is 30.1 Å². The number of esters is 1. The number of ketones is 1. The van der Waals surface area contributed by atoms with E-state index in [4.69, 9.17) is 0 Å². The summed E-state index contributed by atoms with van der Waals surface area (Å²) in [7, 11) is 1.42. The van der Waals surface area contributed by atoms with Crippen molar-refractivity contribution < 1.29 is 19.4 Å². The molecule has 0 unspecified atom stereocenters. The van der Waals surface area contributed by atoms with E-state index in [2.05, 4.69) is 18.6 Å². The summed E-state index contributed by atoms with van der Waals surface area (Å²) in [5.74, 6) is 0.909. The first-order valence-corrected chi connectivity index (χ1v) is 10.5. The van der Waals surface area contributed by atoms with Gasteiger partial charge in [0.1, 0.15) is 0 Å². The minimum atomic E-state index is -0.427. The normalized spacial score (nSPS) is 31.3. The molecule has 0 aromatic carbocycles. The summed E-state index contributed by atoms with van der Waals surface area (Å²) in [5, 5.41) is 10.6. The molecule has 0 radical (unpaired) electrons. The molecule has 0 aliphatic heterocycles. The summed E-state index contributed by atoms with van der Waals surface area (Å²) in [4.78, 5) is 23.3. The Labute approximate surface area is 164 Å². The van der Waals surface area contributed by atoms with Gasteiger partial charge in [-0.1, -0.05) is 57.8 Å². The first-order chi connectivity index (χ1) is 12.9.